The Balaban J connectivity index is 1.82. The van der Waals surface area contributed by atoms with E-state index in [0.717, 1.165) is 37.2 Å². The molecule has 0 aliphatic carbocycles. The number of nitrogens with zero attached hydrogens (tertiary/aromatic N) is 1. The Hall–Kier alpha value is -2.49. The molecule has 2 aromatic carbocycles. The summed E-state index contributed by atoms with van der Waals surface area (Å²) in [6.07, 6.45) is 3.16. The van der Waals surface area contributed by atoms with Crippen molar-refractivity contribution < 1.29 is 4.79 Å². The SMILES string of the molecule is Nc1ccc(NC(=O)N2CCCCc3ccccc32)cc1. The molecule has 1 aliphatic heterocycles. The number of amides is 2. The molecule has 21 heavy (non-hydrogen) atoms. The van der Waals surface area contributed by atoms with Crippen molar-refractivity contribution in [2.24, 2.45) is 0 Å². The maximum Gasteiger partial charge on any atom is 0.326 e. The normalized spacial score (nSPS) is 14.2. The second kappa shape index (κ2) is 5.87. The van der Waals surface area contributed by atoms with Gasteiger partial charge in [0.15, 0.2) is 0 Å². The second-order valence-electron chi connectivity index (χ2n) is 5.29. The number of urea groups is 1. The van der Waals surface area contributed by atoms with Gasteiger partial charge in [-0.3, -0.25) is 4.90 Å². The van der Waals surface area contributed by atoms with E-state index in [2.05, 4.69) is 11.4 Å². The summed E-state index contributed by atoms with van der Waals surface area (Å²) in [6.45, 7) is 0.748. The van der Waals surface area contributed by atoms with Gasteiger partial charge in [-0.2, -0.15) is 0 Å². The molecule has 4 heteroatoms. The Kier molecular flexibility index (Phi) is 3.77. The summed E-state index contributed by atoms with van der Waals surface area (Å²) in [5, 5.41) is 2.94. The van der Waals surface area contributed by atoms with Crippen molar-refractivity contribution >= 4 is 23.1 Å². The fourth-order valence-electron chi connectivity index (χ4n) is 2.66. The monoisotopic (exact) mass is 281 g/mol. The van der Waals surface area contributed by atoms with Gasteiger partial charge < -0.3 is 11.1 Å². The Morgan fingerprint density at radius 1 is 1.05 bits per heavy atom. The maximum absolute atomic E-state index is 12.6. The standard InChI is InChI=1S/C17H19N3O/c18-14-8-10-15(11-9-14)19-17(21)20-12-4-3-6-13-5-1-2-7-16(13)20/h1-2,5,7-11H,3-4,6,12,18H2,(H,19,21). The molecule has 2 amide bonds. The molecule has 0 bridgehead atoms. The number of rotatable bonds is 1. The smallest absolute Gasteiger partial charge is 0.326 e. The van der Waals surface area contributed by atoms with Gasteiger partial charge in [-0.1, -0.05) is 18.2 Å². The predicted octanol–water partition coefficient (Wildman–Crippen LogP) is 3.64. The zero-order chi connectivity index (χ0) is 14.7. The van der Waals surface area contributed by atoms with Crippen molar-refractivity contribution in [3.05, 3.63) is 54.1 Å². The minimum atomic E-state index is -0.0888. The van der Waals surface area contributed by atoms with Crippen LogP contribution in [0.5, 0.6) is 0 Å². The molecular weight excluding hydrogens is 262 g/mol. The lowest BCUT2D eigenvalue weighted by Gasteiger charge is -2.23. The van der Waals surface area contributed by atoms with E-state index in [4.69, 9.17) is 5.73 Å². The number of hydrogen-bond acceptors (Lipinski definition) is 2. The highest BCUT2D eigenvalue weighted by Crippen LogP contribution is 2.26. The van der Waals surface area contributed by atoms with Crippen molar-refractivity contribution in [2.75, 3.05) is 22.5 Å². The zero-order valence-corrected chi connectivity index (χ0v) is 11.9. The molecule has 3 rings (SSSR count). The molecule has 1 heterocycles. The lowest BCUT2D eigenvalue weighted by Crippen LogP contribution is -2.35. The van der Waals surface area contributed by atoms with E-state index < -0.39 is 0 Å². The van der Waals surface area contributed by atoms with E-state index in [9.17, 15) is 4.79 Å². The molecule has 0 saturated carbocycles. The first-order chi connectivity index (χ1) is 10.2. The topological polar surface area (TPSA) is 58.4 Å². The molecule has 1 aliphatic rings. The minimum Gasteiger partial charge on any atom is -0.399 e. The van der Waals surface area contributed by atoms with Crippen LogP contribution >= 0.6 is 0 Å². The van der Waals surface area contributed by atoms with E-state index in [-0.39, 0.29) is 6.03 Å². The Bertz CT molecular complexity index is 637. The molecule has 0 radical (unpaired) electrons. The first-order valence-electron chi connectivity index (χ1n) is 7.26. The molecule has 0 saturated heterocycles. The number of carbonyl (C=O) groups is 1. The number of nitrogens with two attached hydrogens (primary N) is 1. The summed E-state index contributed by atoms with van der Waals surface area (Å²) in [5.41, 5.74) is 9.36. The lowest BCUT2D eigenvalue weighted by atomic mass is 10.1. The number of fused-ring (bicyclic) bond motifs is 1. The zero-order valence-electron chi connectivity index (χ0n) is 11.9. The van der Waals surface area contributed by atoms with Crippen molar-refractivity contribution in [3.8, 4) is 0 Å². The van der Waals surface area contributed by atoms with Gasteiger partial charge in [0.2, 0.25) is 0 Å². The number of nitrogen functional groups attached to an aromatic ring is 1. The summed E-state index contributed by atoms with van der Waals surface area (Å²) in [7, 11) is 0. The van der Waals surface area contributed by atoms with E-state index in [1.54, 1.807) is 12.1 Å². The highest BCUT2D eigenvalue weighted by atomic mass is 16.2. The number of hydrogen-bond donors (Lipinski definition) is 2. The Morgan fingerprint density at radius 2 is 1.81 bits per heavy atom. The minimum absolute atomic E-state index is 0.0888. The molecule has 2 aromatic rings. The van der Waals surface area contributed by atoms with Crippen LogP contribution < -0.4 is 16.0 Å². The first kappa shape index (κ1) is 13.5. The molecule has 3 N–H and O–H groups in total. The number of carbonyl (C=O) groups excluding carboxylic acids is 1. The quantitative estimate of drug-likeness (QED) is 0.784. The molecule has 0 aromatic heterocycles. The summed E-state index contributed by atoms with van der Waals surface area (Å²) < 4.78 is 0. The fraction of sp³-hybridized carbons (Fsp3) is 0.235. The van der Waals surface area contributed by atoms with Crippen LogP contribution in [0.1, 0.15) is 18.4 Å². The van der Waals surface area contributed by atoms with Gasteiger partial charge in [0.1, 0.15) is 0 Å². The third kappa shape index (κ3) is 2.99. The Morgan fingerprint density at radius 3 is 2.62 bits per heavy atom. The van der Waals surface area contributed by atoms with Crippen LogP contribution in [0.3, 0.4) is 0 Å². The van der Waals surface area contributed by atoms with Gasteiger partial charge in [0.25, 0.3) is 0 Å². The van der Waals surface area contributed by atoms with E-state index >= 15 is 0 Å². The summed E-state index contributed by atoms with van der Waals surface area (Å²) in [4.78, 5) is 14.4. The molecule has 0 atom stereocenters. The first-order valence-corrected chi connectivity index (χ1v) is 7.26. The second-order valence-corrected chi connectivity index (χ2v) is 5.29. The average Bonchev–Trinajstić information content (AvgIpc) is 2.72. The predicted molar refractivity (Wildman–Crippen MR) is 86.6 cm³/mol. The number of aryl methyl sites for hydroxylation is 1. The maximum atomic E-state index is 12.6. The largest absolute Gasteiger partial charge is 0.399 e. The molecule has 0 spiro atoms. The van der Waals surface area contributed by atoms with Crippen LogP contribution in [0.25, 0.3) is 0 Å². The molecule has 4 nitrogen and oxygen atoms in total. The van der Waals surface area contributed by atoms with E-state index in [1.165, 1.54) is 5.56 Å². The lowest BCUT2D eigenvalue weighted by molar-refractivity contribution is 0.257. The highest BCUT2D eigenvalue weighted by molar-refractivity contribution is 6.02. The summed E-state index contributed by atoms with van der Waals surface area (Å²) in [6, 6.07) is 15.2. The molecular formula is C17H19N3O. The van der Waals surface area contributed by atoms with E-state index in [1.807, 2.05) is 35.2 Å². The van der Waals surface area contributed by atoms with Crippen molar-refractivity contribution in [2.45, 2.75) is 19.3 Å². The van der Waals surface area contributed by atoms with Crippen LogP contribution in [-0.4, -0.2) is 12.6 Å². The third-order valence-electron chi connectivity index (χ3n) is 3.77. The van der Waals surface area contributed by atoms with Gasteiger partial charge >= 0.3 is 6.03 Å². The van der Waals surface area contributed by atoms with Gasteiger partial charge in [-0.15, -0.1) is 0 Å². The van der Waals surface area contributed by atoms with Gasteiger partial charge in [0, 0.05) is 23.6 Å². The van der Waals surface area contributed by atoms with Crippen LogP contribution in [0, 0.1) is 0 Å². The average molecular weight is 281 g/mol. The van der Waals surface area contributed by atoms with Crippen molar-refractivity contribution in [1.29, 1.82) is 0 Å². The molecule has 108 valence electrons. The number of nitrogens with one attached hydrogen (secondary N) is 1. The third-order valence-corrected chi connectivity index (χ3v) is 3.77. The fourth-order valence-corrected chi connectivity index (χ4v) is 2.66. The Labute approximate surface area is 124 Å². The summed E-state index contributed by atoms with van der Waals surface area (Å²) >= 11 is 0. The van der Waals surface area contributed by atoms with Crippen molar-refractivity contribution in [1.82, 2.24) is 0 Å². The van der Waals surface area contributed by atoms with Crippen LogP contribution in [0.15, 0.2) is 48.5 Å². The molecule has 0 unspecified atom stereocenters. The van der Waals surface area contributed by atoms with Gasteiger partial charge in [0.05, 0.1) is 0 Å². The van der Waals surface area contributed by atoms with Crippen molar-refractivity contribution in [3.63, 3.8) is 0 Å². The summed E-state index contributed by atoms with van der Waals surface area (Å²) in [5.74, 6) is 0. The number of benzene rings is 2. The van der Waals surface area contributed by atoms with Gasteiger partial charge in [-0.25, -0.2) is 4.79 Å². The van der Waals surface area contributed by atoms with E-state index in [0.29, 0.717) is 5.69 Å². The number of para-hydroxylation sites is 1. The van der Waals surface area contributed by atoms with Gasteiger partial charge in [-0.05, 0) is 55.2 Å². The number of anilines is 3. The van der Waals surface area contributed by atoms with Crippen LogP contribution in [-0.2, 0) is 6.42 Å². The highest BCUT2D eigenvalue weighted by Gasteiger charge is 2.20. The van der Waals surface area contributed by atoms with Crippen LogP contribution in [0.4, 0.5) is 21.9 Å². The van der Waals surface area contributed by atoms with Crippen LogP contribution in [0.2, 0.25) is 0 Å². The molecule has 0 fully saturated rings.